The van der Waals surface area contributed by atoms with Crippen LogP contribution >= 0.6 is 11.3 Å². The summed E-state index contributed by atoms with van der Waals surface area (Å²) in [7, 11) is 0. The molecule has 0 unspecified atom stereocenters. The van der Waals surface area contributed by atoms with Gasteiger partial charge in [0.1, 0.15) is 5.69 Å². The van der Waals surface area contributed by atoms with Crippen molar-refractivity contribution in [3.63, 3.8) is 0 Å². The summed E-state index contributed by atoms with van der Waals surface area (Å²) in [4.78, 5) is 12.6. The van der Waals surface area contributed by atoms with Gasteiger partial charge in [0.25, 0.3) is 0 Å². The van der Waals surface area contributed by atoms with Gasteiger partial charge in [0, 0.05) is 11.8 Å². The van der Waals surface area contributed by atoms with Crippen molar-refractivity contribution in [2.75, 3.05) is 0 Å². The lowest BCUT2D eigenvalue weighted by molar-refractivity contribution is -0.129. The van der Waals surface area contributed by atoms with Gasteiger partial charge in [-0.2, -0.15) is 11.3 Å². The maximum absolute atomic E-state index is 12.6. The van der Waals surface area contributed by atoms with Gasteiger partial charge in [-0.1, -0.05) is 5.21 Å². The third-order valence-electron chi connectivity index (χ3n) is 6.48. The van der Waals surface area contributed by atoms with Gasteiger partial charge in [-0.3, -0.25) is 4.79 Å². The number of nitrogens with one attached hydrogen (secondary N) is 1. The van der Waals surface area contributed by atoms with Gasteiger partial charge in [-0.25, -0.2) is 4.68 Å². The molecule has 25 heavy (non-hydrogen) atoms. The molecule has 2 aromatic rings. The van der Waals surface area contributed by atoms with Crippen molar-refractivity contribution in [1.82, 2.24) is 20.3 Å². The molecule has 132 valence electrons. The number of hydrogen-bond donors (Lipinski definition) is 1. The quantitative estimate of drug-likeness (QED) is 0.891. The second kappa shape index (κ2) is 5.94. The first-order valence-electron chi connectivity index (χ1n) is 9.38. The zero-order chi connectivity index (χ0) is 16.9. The summed E-state index contributed by atoms with van der Waals surface area (Å²) in [5, 5.41) is 15.4. The normalized spacial score (nSPS) is 32.9. The molecule has 0 spiro atoms. The van der Waals surface area contributed by atoms with Gasteiger partial charge in [0.15, 0.2) is 0 Å². The maximum atomic E-state index is 12.6. The van der Waals surface area contributed by atoms with E-state index in [1.54, 1.807) is 16.0 Å². The van der Waals surface area contributed by atoms with Crippen LogP contribution < -0.4 is 5.32 Å². The van der Waals surface area contributed by atoms with Gasteiger partial charge in [-0.05, 0) is 73.1 Å². The summed E-state index contributed by atoms with van der Waals surface area (Å²) < 4.78 is 1.76. The Kier molecular flexibility index (Phi) is 3.69. The minimum absolute atomic E-state index is 0.187. The largest absolute Gasteiger partial charge is 0.350 e. The summed E-state index contributed by atoms with van der Waals surface area (Å²) in [6, 6.07) is 2.01. The summed E-state index contributed by atoms with van der Waals surface area (Å²) in [5.74, 6) is 2.87. The summed E-state index contributed by atoms with van der Waals surface area (Å²) >= 11 is 1.63. The van der Waals surface area contributed by atoms with Crippen molar-refractivity contribution in [2.45, 2.75) is 51.5 Å². The predicted molar refractivity (Wildman–Crippen MR) is 96.3 cm³/mol. The average molecular weight is 356 g/mol. The first-order chi connectivity index (χ1) is 12.2. The minimum Gasteiger partial charge on any atom is -0.350 e. The summed E-state index contributed by atoms with van der Waals surface area (Å²) in [6.45, 7) is 0.468. The molecular formula is C19H24N4OS. The SMILES string of the molecule is O=C(CC12CC3CC(CC(C3)C1)C2)NCc1cn(-c2ccsc2)nn1. The lowest BCUT2D eigenvalue weighted by Gasteiger charge is -2.56. The molecule has 5 nitrogen and oxygen atoms in total. The third kappa shape index (κ3) is 3.01. The fourth-order valence-electron chi connectivity index (χ4n) is 5.99. The van der Waals surface area contributed by atoms with Crippen molar-refractivity contribution >= 4 is 17.2 Å². The molecule has 4 bridgehead atoms. The van der Waals surface area contributed by atoms with Crippen LogP contribution in [0.1, 0.15) is 50.6 Å². The Labute approximate surface area is 151 Å². The molecule has 0 atom stereocenters. The fourth-order valence-corrected chi connectivity index (χ4v) is 6.61. The molecule has 4 fully saturated rings. The van der Waals surface area contributed by atoms with Gasteiger partial charge in [0.2, 0.25) is 5.91 Å². The molecule has 0 saturated heterocycles. The smallest absolute Gasteiger partial charge is 0.220 e. The second-order valence-corrected chi connectivity index (χ2v) is 9.29. The number of nitrogens with zero attached hydrogens (tertiary/aromatic N) is 3. The van der Waals surface area contributed by atoms with E-state index >= 15 is 0 Å². The molecule has 4 aliphatic carbocycles. The predicted octanol–water partition coefficient (Wildman–Crippen LogP) is 3.55. The van der Waals surface area contributed by atoms with Gasteiger partial charge in [0.05, 0.1) is 18.4 Å². The Morgan fingerprint density at radius 3 is 2.60 bits per heavy atom. The number of carbonyl (C=O) groups excluding carboxylic acids is 1. The number of carbonyl (C=O) groups is 1. The zero-order valence-electron chi connectivity index (χ0n) is 14.4. The Bertz CT molecular complexity index is 731. The molecule has 1 amide bonds. The molecule has 6 heteroatoms. The number of hydrogen-bond acceptors (Lipinski definition) is 4. The molecule has 1 N–H and O–H groups in total. The Hall–Kier alpha value is -1.69. The second-order valence-electron chi connectivity index (χ2n) is 8.51. The molecule has 0 radical (unpaired) electrons. The standard InChI is InChI=1S/C19H24N4OS/c24-18(9-19-6-13-3-14(7-19)5-15(4-13)8-19)20-10-16-11-23(22-21-16)17-1-2-25-12-17/h1-2,11-15H,3-10H2,(H,20,24). The number of aromatic nitrogens is 3. The Morgan fingerprint density at radius 2 is 1.96 bits per heavy atom. The Balaban J connectivity index is 1.19. The van der Waals surface area contributed by atoms with Crippen LogP contribution in [-0.4, -0.2) is 20.9 Å². The van der Waals surface area contributed by atoms with E-state index in [0.29, 0.717) is 18.4 Å². The van der Waals surface area contributed by atoms with Crippen LogP contribution in [0.5, 0.6) is 0 Å². The molecule has 0 aliphatic heterocycles. The molecule has 0 aromatic carbocycles. The van der Waals surface area contributed by atoms with Crippen LogP contribution in [0.25, 0.3) is 5.69 Å². The van der Waals surface area contributed by atoms with Crippen LogP contribution in [-0.2, 0) is 11.3 Å². The molecule has 4 aliphatic rings. The van der Waals surface area contributed by atoms with Crippen molar-refractivity contribution in [3.8, 4) is 5.69 Å². The number of amides is 1. The van der Waals surface area contributed by atoms with Crippen LogP contribution in [0.3, 0.4) is 0 Å². The number of rotatable bonds is 5. The van der Waals surface area contributed by atoms with Gasteiger partial charge < -0.3 is 5.32 Å². The maximum Gasteiger partial charge on any atom is 0.220 e. The van der Waals surface area contributed by atoms with Crippen LogP contribution in [0, 0.1) is 23.2 Å². The van der Waals surface area contributed by atoms with E-state index in [1.807, 2.05) is 23.0 Å². The van der Waals surface area contributed by atoms with Crippen molar-refractivity contribution in [1.29, 1.82) is 0 Å². The first kappa shape index (κ1) is 15.6. The van der Waals surface area contributed by atoms with E-state index in [1.165, 1.54) is 38.5 Å². The van der Waals surface area contributed by atoms with E-state index in [0.717, 1.165) is 29.1 Å². The van der Waals surface area contributed by atoms with E-state index in [2.05, 4.69) is 15.6 Å². The topological polar surface area (TPSA) is 59.8 Å². The molecule has 2 heterocycles. The van der Waals surface area contributed by atoms with E-state index < -0.39 is 0 Å². The summed E-state index contributed by atoms with van der Waals surface area (Å²) in [5.41, 5.74) is 2.13. The average Bonchev–Trinajstić information content (AvgIpc) is 3.22. The minimum atomic E-state index is 0.187. The lowest BCUT2D eigenvalue weighted by atomic mass is 9.49. The van der Waals surface area contributed by atoms with Crippen LogP contribution in [0.4, 0.5) is 0 Å². The third-order valence-corrected chi connectivity index (χ3v) is 7.15. The van der Waals surface area contributed by atoms with Crippen molar-refractivity contribution < 1.29 is 4.79 Å². The number of thiophene rings is 1. The highest BCUT2D eigenvalue weighted by molar-refractivity contribution is 7.08. The highest BCUT2D eigenvalue weighted by atomic mass is 32.1. The van der Waals surface area contributed by atoms with Crippen LogP contribution in [0.15, 0.2) is 23.0 Å². The monoisotopic (exact) mass is 356 g/mol. The van der Waals surface area contributed by atoms with Crippen LogP contribution in [0.2, 0.25) is 0 Å². The van der Waals surface area contributed by atoms with Crippen molar-refractivity contribution in [2.24, 2.45) is 23.2 Å². The molecular weight excluding hydrogens is 332 g/mol. The fraction of sp³-hybridized carbons (Fsp3) is 0.632. The van der Waals surface area contributed by atoms with Gasteiger partial charge >= 0.3 is 0 Å². The zero-order valence-corrected chi connectivity index (χ0v) is 15.2. The van der Waals surface area contributed by atoms with E-state index in [-0.39, 0.29) is 5.91 Å². The van der Waals surface area contributed by atoms with Gasteiger partial charge in [-0.15, -0.1) is 5.10 Å². The lowest BCUT2D eigenvalue weighted by Crippen LogP contribution is -2.47. The summed E-state index contributed by atoms with van der Waals surface area (Å²) in [6.07, 6.45) is 10.7. The molecule has 4 saturated carbocycles. The Morgan fingerprint density at radius 1 is 1.24 bits per heavy atom. The molecule has 6 rings (SSSR count). The highest BCUT2D eigenvalue weighted by Gasteiger charge is 2.51. The highest BCUT2D eigenvalue weighted by Crippen LogP contribution is 2.61. The first-order valence-corrected chi connectivity index (χ1v) is 10.3. The van der Waals surface area contributed by atoms with E-state index in [9.17, 15) is 4.79 Å². The van der Waals surface area contributed by atoms with E-state index in [4.69, 9.17) is 0 Å². The van der Waals surface area contributed by atoms with Crippen molar-refractivity contribution in [3.05, 3.63) is 28.7 Å². The molecule has 2 aromatic heterocycles.